The first-order valence-corrected chi connectivity index (χ1v) is 6.49. The summed E-state index contributed by atoms with van der Waals surface area (Å²) in [4.78, 5) is 11.8. The Labute approximate surface area is 115 Å². The zero-order chi connectivity index (χ0) is 14.4. The van der Waals surface area contributed by atoms with Crippen molar-refractivity contribution in [3.63, 3.8) is 0 Å². The topological polar surface area (TPSA) is 47.6 Å². The molecule has 0 aromatic heterocycles. The second-order valence-electron chi connectivity index (χ2n) is 5.00. The van der Waals surface area contributed by atoms with Crippen LogP contribution in [-0.2, 0) is 4.79 Å². The molecule has 19 heavy (non-hydrogen) atoms. The molecule has 1 atom stereocenters. The molecule has 0 aliphatic heterocycles. The minimum absolute atomic E-state index is 0.0559. The van der Waals surface area contributed by atoms with Gasteiger partial charge in [-0.2, -0.15) is 0 Å². The third-order valence-electron chi connectivity index (χ3n) is 2.88. The number of amides is 1. The third kappa shape index (κ3) is 4.47. The molecule has 0 aliphatic carbocycles. The number of carbonyl (C=O) groups excluding carboxylic acids is 1. The van der Waals surface area contributed by atoms with Crippen molar-refractivity contribution in [1.29, 1.82) is 0 Å². The minimum atomic E-state index is -0.0906. The predicted octanol–water partition coefficient (Wildman–Crippen LogP) is 2.93. The largest absolute Gasteiger partial charge is 0.497 e. The van der Waals surface area contributed by atoms with Gasteiger partial charge in [-0.15, -0.1) is 0 Å². The van der Waals surface area contributed by atoms with Gasteiger partial charge in [0, 0.05) is 18.1 Å². The van der Waals surface area contributed by atoms with Gasteiger partial charge in [-0.05, 0) is 25.0 Å². The van der Waals surface area contributed by atoms with E-state index in [-0.39, 0.29) is 11.9 Å². The van der Waals surface area contributed by atoms with Gasteiger partial charge in [0.2, 0.25) is 5.91 Å². The van der Waals surface area contributed by atoms with Crippen LogP contribution in [0.5, 0.6) is 11.5 Å². The number of hydrogen-bond donors (Lipinski definition) is 1. The van der Waals surface area contributed by atoms with Crippen LogP contribution in [0.1, 0.15) is 38.8 Å². The van der Waals surface area contributed by atoms with Gasteiger partial charge in [0.15, 0.2) is 0 Å². The Morgan fingerprint density at radius 3 is 2.42 bits per heavy atom. The first-order chi connectivity index (χ1) is 8.97. The van der Waals surface area contributed by atoms with E-state index in [0.29, 0.717) is 12.3 Å². The molecule has 1 N–H and O–H groups in total. The van der Waals surface area contributed by atoms with Crippen LogP contribution in [0, 0.1) is 5.92 Å². The smallest absolute Gasteiger partial charge is 0.220 e. The van der Waals surface area contributed by atoms with Gasteiger partial charge in [0.25, 0.3) is 0 Å². The van der Waals surface area contributed by atoms with Crippen molar-refractivity contribution in [2.75, 3.05) is 14.2 Å². The molecule has 1 rings (SSSR count). The summed E-state index contributed by atoms with van der Waals surface area (Å²) in [6.45, 7) is 6.00. The predicted molar refractivity (Wildman–Crippen MR) is 75.6 cm³/mol. The number of methoxy groups -OCH3 is 2. The van der Waals surface area contributed by atoms with Crippen molar-refractivity contribution in [1.82, 2.24) is 5.32 Å². The van der Waals surface area contributed by atoms with Gasteiger partial charge in [-0.25, -0.2) is 0 Å². The van der Waals surface area contributed by atoms with Gasteiger partial charge in [-0.3, -0.25) is 4.79 Å². The summed E-state index contributed by atoms with van der Waals surface area (Å²) >= 11 is 0. The fourth-order valence-electron chi connectivity index (χ4n) is 1.93. The Bertz CT molecular complexity index is 429. The van der Waals surface area contributed by atoms with Crippen LogP contribution in [0.3, 0.4) is 0 Å². The molecule has 1 amide bonds. The number of nitrogens with one attached hydrogen (secondary N) is 1. The van der Waals surface area contributed by atoms with Crippen molar-refractivity contribution >= 4 is 5.91 Å². The van der Waals surface area contributed by atoms with E-state index in [0.717, 1.165) is 17.1 Å². The molecule has 4 nitrogen and oxygen atoms in total. The molecule has 0 fully saturated rings. The van der Waals surface area contributed by atoms with Crippen molar-refractivity contribution < 1.29 is 14.3 Å². The summed E-state index contributed by atoms with van der Waals surface area (Å²) in [7, 11) is 3.23. The zero-order valence-corrected chi connectivity index (χ0v) is 12.3. The average molecular weight is 265 g/mol. The zero-order valence-electron chi connectivity index (χ0n) is 12.3. The Morgan fingerprint density at radius 1 is 1.21 bits per heavy atom. The summed E-state index contributed by atoms with van der Waals surface area (Å²) in [6, 6.07) is 5.51. The standard InChI is InChI=1S/C15H23NO3/c1-10(2)8-15(17)16-11(3)13-7-6-12(18-4)9-14(13)19-5/h6-7,9-11H,8H2,1-5H3,(H,16,17)/t11-/m0/s1. The van der Waals surface area contributed by atoms with E-state index in [1.807, 2.05) is 39.0 Å². The first kappa shape index (κ1) is 15.3. The van der Waals surface area contributed by atoms with E-state index in [4.69, 9.17) is 9.47 Å². The van der Waals surface area contributed by atoms with E-state index in [1.165, 1.54) is 0 Å². The normalized spacial score (nSPS) is 12.1. The van der Waals surface area contributed by atoms with Gasteiger partial charge in [-0.1, -0.05) is 13.8 Å². The van der Waals surface area contributed by atoms with Crippen LogP contribution >= 0.6 is 0 Å². The van der Waals surface area contributed by atoms with E-state index < -0.39 is 0 Å². The van der Waals surface area contributed by atoms with Crippen molar-refractivity contribution in [2.24, 2.45) is 5.92 Å². The molecular weight excluding hydrogens is 242 g/mol. The Kier molecular flexibility index (Phi) is 5.67. The van der Waals surface area contributed by atoms with Crippen LogP contribution < -0.4 is 14.8 Å². The molecule has 4 heteroatoms. The summed E-state index contributed by atoms with van der Waals surface area (Å²) in [5, 5.41) is 2.98. The minimum Gasteiger partial charge on any atom is -0.497 e. The summed E-state index contributed by atoms with van der Waals surface area (Å²) in [5.74, 6) is 1.86. The molecule has 0 bridgehead atoms. The van der Waals surface area contributed by atoms with E-state index >= 15 is 0 Å². The maximum atomic E-state index is 11.8. The molecule has 1 aromatic carbocycles. The molecule has 0 heterocycles. The van der Waals surface area contributed by atoms with Crippen LogP contribution in [0.2, 0.25) is 0 Å². The fourth-order valence-corrected chi connectivity index (χ4v) is 1.93. The highest BCUT2D eigenvalue weighted by Crippen LogP contribution is 2.29. The number of benzene rings is 1. The molecule has 0 spiro atoms. The molecule has 0 saturated heterocycles. The van der Waals surface area contributed by atoms with E-state index in [2.05, 4.69) is 5.32 Å². The lowest BCUT2D eigenvalue weighted by Crippen LogP contribution is -2.27. The molecule has 0 aliphatic rings. The second kappa shape index (κ2) is 7.02. The summed E-state index contributed by atoms with van der Waals surface area (Å²) < 4.78 is 10.5. The van der Waals surface area contributed by atoms with Crippen LogP contribution in [-0.4, -0.2) is 20.1 Å². The molecule has 106 valence electrons. The maximum absolute atomic E-state index is 11.8. The van der Waals surface area contributed by atoms with E-state index in [9.17, 15) is 4.79 Å². The van der Waals surface area contributed by atoms with E-state index in [1.54, 1.807) is 14.2 Å². The maximum Gasteiger partial charge on any atom is 0.220 e. The molecular formula is C15H23NO3. The SMILES string of the molecule is COc1ccc([C@H](C)NC(=O)CC(C)C)c(OC)c1. The van der Waals surface area contributed by atoms with Gasteiger partial charge in [0.05, 0.1) is 20.3 Å². The van der Waals surface area contributed by atoms with Crippen molar-refractivity contribution in [2.45, 2.75) is 33.2 Å². The van der Waals surface area contributed by atoms with Crippen LogP contribution in [0.25, 0.3) is 0 Å². The quantitative estimate of drug-likeness (QED) is 0.860. The molecule has 1 aromatic rings. The highest BCUT2D eigenvalue weighted by molar-refractivity contribution is 5.76. The third-order valence-corrected chi connectivity index (χ3v) is 2.88. The summed E-state index contributed by atoms with van der Waals surface area (Å²) in [6.07, 6.45) is 0.531. The lowest BCUT2D eigenvalue weighted by Gasteiger charge is -2.18. The number of hydrogen-bond acceptors (Lipinski definition) is 3. The lowest BCUT2D eigenvalue weighted by molar-refractivity contribution is -0.122. The number of carbonyl (C=O) groups is 1. The lowest BCUT2D eigenvalue weighted by atomic mass is 10.1. The Hall–Kier alpha value is -1.71. The highest BCUT2D eigenvalue weighted by atomic mass is 16.5. The van der Waals surface area contributed by atoms with Gasteiger partial charge >= 0.3 is 0 Å². The van der Waals surface area contributed by atoms with Crippen molar-refractivity contribution in [3.8, 4) is 11.5 Å². The van der Waals surface area contributed by atoms with Gasteiger partial charge < -0.3 is 14.8 Å². The number of rotatable bonds is 6. The van der Waals surface area contributed by atoms with Crippen molar-refractivity contribution in [3.05, 3.63) is 23.8 Å². The number of ether oxygens (including phenoxy) is 2. The van der Waals surface area contributed by atoms with Crippen LogP contribution in [0.4, 0.5) is 0 Å². The summed E-state index contributed by atoms with van der Waals surface area (Å²) in [5.41, 5.74) is 0.945. The fraction of sp³-hybridized carbons (Fsp3) is 0.533. The monoisotopic (exact) mass is 265 g/mol. The average Bonchev–Trinajstić information content (AvgIpc) is 2.36. The van der Waals surface area contributed by atoms with Crippen LogP contribution in [0.15, 0.2) is 18.2 Å². The second-order valence-corrected chi connectivity index (χ2v) is 5.00. The molecule has 0 radical (unpaired) electrons. The molecule has 0 saturated carbocycles. The molecule has 0 unspecified atom stereocenters. The highest BCUT2D eigenvalue weighted by Gasteiger charge is 2.15. The Morgan fingerprint density at radius 2 is 1.89 bits per heavy atom. The first-order valence-electron chi connectivity index (χ1n) is 6.49. The Balaban J connectivity index is 2.81. The van der Waals surface area contributed by atoms with Gasteiger partial charge in [0.1, 0.15) is 11.5 Å².